The molecule has 1 aromatic carbocycles. The van der Waals surface area contributed by atoms with Gasteiger partial charge in [-0.1, -0.05) is 25.7 Å². The number of nitrogens with one attached hydrogen (secondary N) is 1. The first kappa shape index (κ1) is 14.9. The van der Waals surface area contributed by atoms with Crippen LogP contribution < -0.4 is 15.8 Å². The average molecular weight is 280 g/mol. The third-order valence-corrected chi connectivity index (χ3v) is 3.98. The van der Waals surface area contributed by atoms with E-state index in [9.17, 15) is 4.39 Å². The average Bonchev–Trinajstić information content (AvgIpc) is 2.92. The molecular weight excluding hydrogens is 255 g/mol. The Morgan fingerprint density at radius 3 is 2.80 bits per heavy atom. The van der Waals surface area contributed by atoms with Crippen LogP contribution in [0.15, 0.2) is 12.1 Å². The van der Waals surface area contributed by atoms with Crippen LogP contribution in [0.2, 0.25) is 0 Å². The molecule has 0 bridgehead atoms. The van der Waals surface area contributed by atoms with Crippen molar-refractivity contribution in [1.82, 2.24) is 0 Å². The Labute approximate surface area is 120 Å². The SMILES string of the molecule is CCOc1cc(NCCCC2CCCC2)c(N)cc1F. The van der Waals surface area contributed by atoms with E-state index in [4.69, 9.17) is 10.5 Å². The van der Waals surface area contributed by atoms with Crippen LogP contribution in [0.4, 0.5) is 15.8 Å². The van der Waals surface area contributed by atoms with E-state index < -0.39 is 5.82 Å². The Morgan fingerprint density at radius 2 is 2.10 bits per heavy atom. The Bertz CT molecular complexity index is 431. The maximum atomic E-state index is 13.6. The Balaban J connectivity index is 1.83. The second-order valence-electron chi connectivity index (χ2n) is 5.52. The number of anilines is 2. The first-order valence-electron chi connectivity index (χ1n) is 7.66. The van der Waals surface area contributed by atoms with Crippen molar-refractivity contribution in [2.24, 2.45) is 5.92 Å². The summed E-state index contributed by atoms with van der Waals surface area (Å²) in [4.78, 5) is 0. The van der Waals surface area contributed by atoms with E-state index in [2.05, 4.69) is 5.32 Å². The van der Waals surface area contributed by atoms with E-state index in [0.29, 0.717) is 12.3 Å². The molecule has 0 atom stereocenters. The standard InChI is InChI=1S/C16H25FN2O/c1-2-20-16-11-15(14(18)10-13(16)17)19-9-5-8-12-6-3-4-7-12/h10-12,19H,2-9,18H2,1H3. The van der Waals surface area contributed by atoms with Crippen LogP contribution in [0.25, 0.3) is 0 Å². The summed E-state index contributed by atoms with van der Waals surface area (Å²) in [7, 11) is 0. The first-order valence-corrected chi connectivity index (χ1v) is 7.66. The third kappa shape index (κ3) is 4.02. The van der Waals surface area contributed by atoms with Gasteiger partial charge in [0.1, 0.15) is 0 Å². The lowest BCUT2D eigenvalue weighted by Gasteiger charge is -2.13. The quantitative estimate of drug-likeness (QED) is 0.581. The summed E-state index contributed by atoms with van der Waals surface area (Å²) in [5.41, 5.74) is 7.03. The summed E-state index contributed by atoms with van der Waals surface area (Å²) in [5.74, 6) is 0.766. The molecule has 1 aliphatic carbocycles. The normalized spacial score (nSPS) is 15.5. The van der Waals surface area contributed by atoms with Crippen LogP contribution in [0.5, 0.6) is 5.75 Å². The molecule has 0 radical (unpaired) electrons. The Morgan fingerprint density at radius 1 is 1.35 bits per heavy atom. The van der Waals surface area contributed by atoms with Gasteiger partial charge in [0, 0.05) is 18.7 Å². The van der Waals surface area contributed by atoms with Crippen molar-refractivity contribution in [2.75, 3.05) is 24.2 Å². The van der Waals surface area contributed by atoms with Gasteiger partial charge >= 0.3 is 0 Å². The topological polar surface area (TPSA) is 47.3 Å². The smallest absolute Gasteiger partial charge is 0.167 e. The zero-order valence-corrected chi connectivity index (χ0v) is 12.3. The van der Waals surface area contributed by atoms with Crippen LogP contribution in [0.1, 0.15) is 45.4 Å². The monoisotopic (exact) mass is 280 g/mol. The molecule has 112 valence electrons. The number of benzene rings is 1. The molecule has 0 heterocycles. The molecule has 1 saturated carbocycles. The molecule has 3 N–H and O–H groups in total. The van der Waals surface area contributed by atoms with Gasteiger partial charge in [-0.15, -0.1) is 0 Å². The minimum atomic E-state index is -0.402. The molecule has 20 heavy (non-hydrogen) atoms. The number of halogens is 1. The lowest BCUT2D eigenvalue weighted by Crippen LogP contribution is -2.07. The van der Waals surface area contributed by atoms with Crippen LogP contribution >= 0.6 is 0 Å². The fourth-order valence-corrected chi connectivity index (χ4v) is 2.90. The summed E-state index contributed by atoms with van der Waals surface area (Å²) in [6.45, 7) is 3.16. The molecule has 0 aliphatic heterocycles. The second kappa shape index (κ2) is 7.36. The van der Waals surface area contributed by atoms with Crippen molar-refractivity contribution < 1.29 is 9.13 Å². The molecule has 1 aliphatic rings. The van der Waals surface area contributed by atoms with Crippen molar-refractivity contribution in [3.05, 3.63) is 17.9 Å². The highest BCUT2D eigenvalue weighted by atomic mass is 19.1. The number of nitrogens with two attached hydrogens (primary N) is 1. The molecule has 2 rings (SSSR count). The van der Waals surface area contributed by atoms with Crippen molar-refractivity contribution in [3.63, 3.8) is 0 Å². The molecule has 0 amide bonds. The largest absolute Gasteiger partial charge is 0.491 e. The van der Waals surface area contributed by atoms with Crippen LogP contribution in [0.3, 0.4) is 0 Å². The maximum absolute atomic E-state index is 13.6. The minimum Gasteiger partial charge on any atom is -0.491 e. The molecule has 0 unspecified atom stereocenters. The highest BCUT2D eigenvalue weighted by molar-refractivity contribution is 5.68. The Kier molecular flexibility index (Phi) is 5.50. The summed E-state index contributed by atoms with van der Waals surface area (Å²) >= 11 is 0. The van der Waals surface area contributed by atoms with Gasteiger partial charge in [0.2, 0.25) is 0 Å². The summed E-state index contributed by atoms with van der Waals surface area (Å²) in [6, 6.07) is 2.98. The number of ether oxygens (including phenoxy) is 1. The van der Waals surface area contributed by atoms with Gasteiger partial charge in [0.05, 0.1) is 18.0 Å². The van der Waals surface area contributed by atoms with Gasteiger partial charge in [0.25, 0.3) is 0 Å². The molecule has 4 heteroatoms. The van der Waals surface area contributed by atoms with Gasteiger partial charge < -0.3 is 15.8 Å². The number of nitrogen functional groups attached to an aromatic ring is 1. The molecule has 1 aromatic rings. The zero-order valence-electron chi connectivity index (χ0n) is 12.3. The predicted octanol–water partition coefficient (Wildman–Crippen LogP) is 4.19. The summed E-state index contributed by atoms with van der Waals surface area (Å²) in [6.07, 6.45) is 7.94. The highest BCUT2D eigenvalue weighted by Crippen LogP contribution is 2.30. The predicted molar refractivity (Wildman–Crippen MR) is 81.7 cm³/mol. The van der Waals surface area contributed by atoms with E-state index in [-0.39, 0.29) is 5.75 Å². The molecule has 0 spiro atoms. The zero-order chi connectivity index (χ0) is 14.4. The lowest BCUT2D eigenvalue weighted by atomic mass is 10.0. The summed E-state index contributed by atoms with van der Waals surface area (Å²) in [5, 5.41) is 3.29. The van der Waals surface area contributed by atoms with Gasteiger partial charge in [0.15, 0.2) is 11.6 Å². The second-order valence-corrected chi connectivity index (χ2v) is 5.52. The van der Waals surface area contributed by atoms with Crippen LogP contribution in [-0.4, -0.2) is 13.2 Å². The van der Waals surface area contributed by atoms with E-state index in [1.807, 2.05) is 6.92 Å². The molecule has 0 saturated heterocycles. The molecule has 1 fully saturated rings. The third-order valence-electron chi connectivity index (χ3n) is 3.98. The molecule has 3 nitrogen and oxygen atoms in total. The van der Waals surface area contributed by atoms with E-state index >= 15 is 0 Å². The highest BCUT2D eigenvalue weighted by Gasteiger charge is 2.14. The molecule has 0 aromatic heterocycles. The van der Waals surface area contributed by atoms with Crippen molar-refractivity contribution in [3.8, 4) is 5.75 Å². The van der Waals surface area contributed by atoms with Gasteiger partial charge in [-0.2, -0.15) is 0 Å². The van der Waals surface area contributed by atoms with E-state index in [1.165, 1.54) is 38.2 Å². The Hall–Kier alpha value is -1.45. The number of hydrogen-bond acceptors (Lipinski definition) is 3. The van der Waals surface area contributed by atoms with Crippen molar-refractivity contribution in [1.29, 1.82) is 0 Å². The van der Waals surface area contributed by atoms with Crippen LogP contribution in [-0.2, 0) is 0 Å². The van der Waals surface area contributed by atoms with Crippen LogP contribution in [0, 0.1) is 11.7 Å². The van der Waals surface area contributed by atoms with Gasteiger partial charge in [-0.05, 0) is 25.7 Å². The van der Waals surface area contributed by atoms with Crippen molar-refractivity contribution >= 4 is 11.4 Å². The van der Waals surface area contributed by atoms with Gasteiger partial charge in [-0.25, -0.2) is 4.39 Å². The lowest BCUT2D eigenvalue weighted by molar-refractivity contribution is 0.322. The first-order chi connectivity index (χ1) is 9.70. The molecular formula is C16H25FN2O. The number of hydrogen-bond donors (Lipinski definition) is 2. The maximum Gasteiger partial charge on any atom is 0.167 e. The van der Waals surface area contributed by atoms with Gasteiger partial charge in [-0.3, -0.25) is 0 Å². The number of rotatable bonds is 7. The summed E-state index contributed by atoms with van der Waals surface area (Å²) < 4.78 is 18.8. The van der Waals surface area contributed by atoms with E-state index in [1.54, 1.807) is 6.07 Å². The minimum absolute atomic E-state index is 0.264. The van der Waals surface area contributed by atoms with Crippen molar-refractivity contribution in [2.45, 2.75) is 45.4 Å². The van der Waals surface area contributed by atoms with E-state index in [0.717, 1.165) is 24.6 Å². The fourth-order valence-electron chi connectivity index (χ4n) is 2.90. The fraction of sp³-hybridized carbons (Fsp3) is 0.625.